The smallest absolute Gasteiger partial charge is 0.234 e. The van der Waals surface area contributed by atoms with E-state index in [2.05, 4.69) is 10.3 Å². The number of oxazole rings is 1. The summed E-state index contributed by atoms with van der Waals surface area (Å²) in [6, 6.07) is 22.2. The Morgan fingerprint density at radius 2 is 1.53 bits per heavy atom. The number of hydrogen-bond donors (Lipinski definition) is 1. The van der Waals surface area contributed by atoms with E-state index >= 15 is 0 Å². The van der Waals surface area contributed by atoms with Crippen molar-refractivity contribution in [1.29, 1.82) is 0 Å². The fourth-order valence-electron chi connectivity index (χ4n) is 2.84. The molecule has 0 amide bonds. The molecule has 30 heavy (non-hydrogen) atoms. The molecule has 0 spiro atoms. The zero-order valence-electron chi connectivity index (χ0n) is 15.5. The van der Waals surface area contributed by atoms with Gasteiger partial charge in [-0.05, 0) is 48.0 Å². The molecule has 0 aliphatic carbocycles. The first-order valence-corrected chi connectivity index (χ1v) is 11.2. The van der Waals surface area contributed by atoms with Crippen LogP contribution in [0.4, 0.5) is 5.88 Å². The minimum absolute atomic E-state index is 0.0451. The van der Waals surface area contributed by atoms with E-state index < -0.39 is 9.84 Å². The van der Waals surface area contributed by atoms with Gasteiger partial charge in [0.05, 0.1) is 4.90 Å². The van der Waals surface area contributed by atoms with Gasteiger partial charge in [-0.1, -0.05) is 59.6 Å². The van der Waals surface area contributed by atoms with Crippen LogP contribution in [0.2, 0.25) is 10.0 Å². The van der Waals surface area contributed by atoms with Crippen molar-refractivity contribution in [3.8, 4) is 11.5 Å². The van der Waals surface area contributed by atoms with E-state index in [9.17, 15) is 8.42 Å². The molecule has 1 aromatic heterocycles. The predicted molar refractivity (Wildman–Crippen MR) is 118 cm³/mol. The van der Waals surface area contributed by atoms with Gasteiger partial charge in [-0.2, -0.15) is 4.98 Å². The van der Waals surface area contributed by atoms with Crippen molar-refractivity contribution in [2.75, 3.05) is 5.32 Å². The van der Waals surface area contributed by atoms with E-state index in [0.717, 1.165) is 5.56 Å². The maximum Gasteiger partial charge on any atom is 0.234 e. The molecule has 0 aliphatic rings. The highest BCUT2D eigenvalue weighted by Gasteiger charge is 2.28. The second-order valence-electron chi connectivity index (χ2n) is 6.42. The van der Waals surface area contributed by atoms with Gasteiger partial charge in [-0.25, -0.2) is 8.42 Å². The van der Waals surface area contributed by atoms with Gasteiger partial charge < -0.3 is 9.73 Å². The van der Waals surface area contributed by atoms with Gasteiger partial charge in [0.1, 0.15) is 0 Å². The molecule has 152 valence electrons. The summed E-state index contributed by atoms with van der Waals surface area (Å²) in [7, 11) is -3.91. The Balaban J connectivity index is 1.77. The van der Waals surface area contributed by atoms with Crippen molar-refractivity contribution < 1.29 is 12.8 Å². The normalized spacial score (nSPS) is 11.4. The van der Waals surface area contributed by atoms with Gasteiger partial charge in [0.15, 0.2) is 0 Å². The number of hydrogen-bond acceptors (Lipinski definition) is 5. The number of aromatic nitrogens is 1. The van der Waals surface area contributed by atoms with Crippen LogP contribution < -0.4 is 5.32 Å². The van der Waals surface area contributed by atoms with Gasteiger partial charge in [0.2, 0.25) is 26.6 Å². The molecule has 0 saturated heterocycles. The van der Waals surface area contributed by atoms with Gasteiger partial charge in [0.25, 0.3) is 0 Å². The molecular formula is C22H16Cl2N2O3S. The van der Waals surface area contributed by atoms with Crippen LogP contribution in [0.15, 0.2) is 93.2 Å². The quantitative estimate of drug-likeness (QED) is 0.378. The fraction of sp³-hybridized carbons (Fsp3) is 0.0455. The molecule has 0 atom stereocenters. The van der Waals surface area contributed by atoms with Crippen LogP contribution in [0, 0.1) is 0 Å². The molecule has 4 aromatic rings. The summed E-state index contributed by atoms with van der Waals surface area (Å²) in [6.07, 6.45) is 0. The van der Waals surface area contributed by atoms with Crippen LogP contribution >= 0.6 is 23.2 Å². The fourth-order valence-corrected chi connectivity index (χ4v) is 4.47. The lowest BCUT2D eigenvalue weighted by Crippen LogP contribution is -2.07. The molecule has 0 bridgehead atoms. The third kappa shape index (κ3) is 4.21. The van der Waals surface area contributed by atoms with E-state index in [1.165, 1.54) is 12.1 Å². The number of nitrogens with one attached hydrogen (secondary N) is 1. The Morgan fingerprint density at radius 3 is 2.23 bits per heavy atom. The predicted octanol–water partition coefficient (Wildman–Crippen LogP) is 6.09. The second kappa shape index (κ2) is 8.52. The van der Waals surface area contributed by atoms with Gasteiger partial charge in [-0.3, -0.25) is 0 Å². The molecule has 1 heterocycles. The summed E-state index contributed by atoms with van der Waals surface area (Å²) in [5, 5.41) is 3.96. The molecule has 0 radical (unpaired) electrons. The highest BCUT2D eigenvalue weighted by atomic mass is 35.5. The summed E-state index contributed by atoms with van der Waals surface area (Å²) in [6.45, 7) is 0.270. The molecule has 1 N–H and O–H groups in total. The SMILES string of the molecule is O=S(=O)(c1ccccc1)c1nc(-c2ccc(Cl)cc2)oc1NCc1ccccc1Cl. The Labute approximate surface area is 184 Å². The van der Waals surface area contributed by atoms with E-state index in [0.29, 0.717) is 15.6 Å². The molecule has 5 nitrogen and oxygen atoms in total. The van der Waals surface area contributed by atoms with Crippen molar-refractivity contribution in [1.82, 2.24) is 4.98 Å². The largest absolute Gasteiger partial charge is 0.419 e. The number of benzene rings is 3. The third-order valence-electron chi connectivity index (χ3n) is 4.39. The second-order valence-corrected chi connectivity index (χ2v) is 9.13. The molecule has 0 saturated carbocycles. The molecule has 0 fully saturated rings. The zero-order valence-corrected chi connectivity index (χ0v) is 17.9. The first-order chi connectivity index (χ1) is 14.4. The average Bonchev–Trinajstić information content (AvgIpc) is 3.19. The minimum Gasteiger partial charge on any atom is -0.419 e. The van der Waals surface area contributed by atoms with Crippen LogP contribution in [-0.2, 0) is 16.4 Å². The molecule has 3 aromatic carbocycles. The number of halogens is 2. The highest BCUT2D eigenvalue weighted by molar-refractivity contribution is 7.91. The standard InChI is InChI=1S/C22H16Cl2N2O3S/c23-17-12-10-15(11-13-17)20-26-22(30(27,28)18-7-2-1-3-8-18)21(29-20)25-14-16-6-4-5-9-19(16)24/h1-13,25H,14H2. The van der Waals surface area contributed by atoms with E-state index in [1.54, 1.807) is 48.5 Å². The van der Waals surface area contributed by atoms with Crippen molar-refractivity contribution in [3.05, 3.63) is 94.5 Å². The van der Waals surface area contributed by atoms with Crippen molar-refractivity contribution >= 4 is 38.9 Å². The lowest BCUT2D eigenvalue weighted by molar-refractivity contribution is 0.577. The maximum absolute atomic E-state index is 13.2. The summed E-state index contributed by atoms with van der Waals surface area (Å²) >= 11 is 12.2. The molecule has 0 unspecified atom stereocenters. The van der Waals surface area contributed by atoms with Crippen molar-refractivity contribution in [2.24, 2.45) is 0 Å². The zero-order chi connectivity index (χ0) is 21.1. The molecule has 8 heteroatoms. The molecular weight excluding hydrogens is 443 g/mol. The maximum atomic E-state index is 13.2. The first-order valence-electron chi connectivity index (χ1n) is 8.99. The van der Waals surface area contributed by atoms with Gasteiger partial charge in [-0.15, -0.1) is 0 Å². The summed E-state index contributed by atoms with van der Waals surface area (Å²) in [4.78, 5) is 4.43. The summed E-state index contributed by atoms with van der Waals surface area (Å²) < 4.78 is 32.3. The Bertz CT molecular complexity index is 1270. The van der Waals surface area contributed by atoms with Crippen LogP contribution in [0.25, 0.3) is 11.5 Å². The topological polar surface area (TPSA) is 72.2 Å². The summed E-state index contributed by atoms with van der Waals surface area (Å²) in [5.41, 5.74) is 1.40. The van der Waals surface area contributed by atoms with Crippen LogP contribution in [0.3, 0.4) is 0 Å². The van der Waals surface area contributed by atoms with Crippen molar-refractivity contribution in [2.45, 2.75) is 16.5 Å². The lowest BCUT2D eigenvalue weighted by Gasteiger charge is -2.07. The van der Waals surface area contributed by atoms with Crippen LogP contribution in [-0.4, -0.2) is 13.4 Å². The summed E-state index contributed by atoms with van der Waals surface area (Å²) in [5.74, 6) is 0.214. The number of nitrogens with zero attached hydrogens (tertiary/aromatic N) is 1. The number of anilines is 1. The highest BCUT2D eigenvalue weighted by Crippen LogP contribution is 2.33. The van der Waals surface area contributed by atoms with Crippen molar-refractivity contribution in [3.63, 3.8) is 0 Å². The Morgan fingerprint density at radius 1 is 0.867 bits per heavy atom. The van der Waals surface area contributed by atoms with E-state index in [-0.39, 0.29) is 28.2 Å². The molecule has 4 rings (SSSR count). The number of rotatable bonds is 6. The van der Waals surface area contributed by atoms with Gasteiger partial charge in [0, 0.05) is 22.2 Å². The Kier molecular flexibility index (Phi) is 5.81. The van der Waals surface area contributed by atoms with Crippen LogP contribution in [0.1, 0.15) is 5.56 Å². The van der Waals surface area contributed by atoms with E-state index in [1.807, 2.05) is 18.2 Å². The van der Waals surface area contributed by atoms with Crippen LogP contribution in [0.5, 0.6) is 0 Å². The average molecular weight is 459 g/mol. The monoisotopic (exact) mass is 458 g/mol. The lowest BCUT2D eigenvalue weighted by atomic mass is 10.2. The van der Waals surface area contributed by atoms with E-state index in [4.69, 9.17) is 27.6 Å². The number of sulfone groups is 1. The minimum atomic E-state index is -3.91. The third-order valence-corrected chi connectivity index (χ3v) is 6.69. The van der Waals surface area contributed by atoms with Gasteiger partial charge >= 0.3 is 0 Å². The first kappa shape index (κ1) is 20.5. The molecule has 0 aliphatic heterocycles. The Hall–Kier alpha value is -2.80.